The molecule has 1 aliphatic rings. The Balaban J connectivity index is 1.60. The van der Waals surface area contributed by atoms with Crippen molar-refractivity contribution < 1.29 is 39.1 Å². The summed E-state index contributed by atoms with van der Waals surface area (Å²) < 4.78 is 45.6. The van der Waals surface area contributed by atoms with Crippen LogP contribution in [0, 0.1) is 0 Å². The van der Waals surface area contributed by atoms with Gasteiger partial charge in [0, 0.05) is 21.2 Å². The van der Waals surface area contributed by atoms with Crippen LogP contribution in [0.25, 0.3) is 0 Å². The van der Waals surface area contributed by atoms with Gasteiger partial charge in [-0.05, 0) is 158 Å². The van der Waals surface area contributed by atoms with Crippen molar-refractivity contribution >= 4 is 56.0 Å². The molecule has 8 aromatic rings. The summed E-state index contributed by atoms with van der Waals surface area (Å²) in [5.74, 6) is 1.18. The van der Waals surface area contributed by atoms with Gasteiger partial charge < -0.3 is 39.1 Å². The fourth-order valence-electron chi connectivity index (χ4n) is 6.90. The molecule has 0 aromatic heterocycles. The normalized spacial score (nSPS) is 17.1. The zero-order valence-corrected chi connectivity index (χ0v) is 37.3. The third-order valence-corrected chi connectivity index (χ3v) is 24.2. The summed E-state index contributed by atoms with van der Waals surface area (Å²) in [7, 11) is -16.0. The first-order chi connectivity index (χ1) is 31.1. The Morgan fingerprint density at radius 1 is 0.266 bits per heavy atom. The molecule has 0 spiro atoms. The Labute approximate surface area is 370 Å². The van der Waals surface area contributed by atoms with Gasteiger partial charge in [-0.3, -0.25) is 0 Å². The van der Waals surface area contributed by atoms with Crippen molar-refractivity contribution in [2.75, 3.05) is 0 Å². The van der Waals surface area contributed by atoms with Crippen molar-refractivity contribution in [2.45, 2.75) is 0 Å². The molecule has 1 unspecified atom stereocenters. The van der Waals surface area contributed by atoms with E-state index in [0.29, 0.717) is 43.8 Å². The average Bonchev–Trinajstić information content (AvgIpc) is 3.30. The summed E-state index contributed by atoms with van der Waals surface area (Å²) in [5, 5.41) is 56.5. The van der Waals surface area contributed by atoms with E-state index in [-0.39, 0.29) is 28.7 Å². The van der Waals surface area contributed by atoms with E-state index < -0.39 is 29.5 Å². The first-order valence-electron chi connectivity index (χ1n) is 19.8. The number of aromatic hydroxyl groups is 5. The molecule has 12 nitrogen and oxygen atoms in total. The second kappa shape index (κ2) is 17.7. The van der Waals surface area contributed by atoms with Crippen LogP contribution in [0.2, 0.25) is 0 Å². The molecule has 9 rings (SSSR count). The topological polar surface area (TPSA) is 178 Å². The molecular formula is C48H40N4O8P4. The number of phenolic OH excluding ortho intramolecular Hbond substituents is 5. The lowest BCUT2D eigenvalue weighted by molar-refractivity contribution is 0.475. The van der Waals surface area contributed by atoms with Gasteiger partial charge in [0.25, 0.3) is 7.43 Å². The number of benzene rings is 8. The number of phenols is 5. The van der Waals surface area contributed by atoms with Gasteiger partial charge in [0.15, 0.2) is 0 Å². The highest BCUT2D eigenvalue weighted by Gasteiger charge is 2.45. The van der Waals surface area contributed by atoms with E-state index >= 15 is 0 Å². The van der Waals surface area contributed by atoms with Crippen LogP contribution in [0.1, 0.15) is 0 Å². The molecule has 16 heteroatoms. The third kappa shape index (κ3) is 8.70. The van der Waals surface area contributed by atoms with Crippen LogP contribution >= 0.6 is 29.5 Å². The number of nitrogens with zero attached hydrogens (tertiary/aromatic N) is 4. The van der Waals surface area contributed by atoms with Gasteiger partial charge in [0.2, 0.25) is 0 Å². The quantitative estimate of drug-likeness (QED) is 0.0796. The molecule has 0 fully saturated rings. The highest BCUT2D eigenvalue weighted by Crippen LogP contribution is 2.77. The fourth-order valence-corrected chi connectivity index (χ4v) is 23.9. The standard InChI is InChI=1S/C48H40N4O8P4/c53-36-16-26-44(27-17-36)61(45-28-18-37(54)19-29-45)49-63(48-34-24-40(57)25-35-48,58-41-10-4-1-5-11-41)50-62(46-30-20-38(55)21-31-46,47-32-22-39(56)23-33-47)52-64(51-61,59-42-12-6-2-7-13-42)60-43-14-8-3-9-15-43/h1-35,53-57H. The predicted molar refractivity (Wildman–Crippen MR) is 257 cm³/mol. The second-order valence-corrected chi connectivity index (χ2v) is 24.9. The lowest BCUT2D eigenvalue weighted by Gasteiger charge is -2.36. The van der Waals surface area contributed by atoms with Crippen LogP contribution in [-0.4, -0.2) is 25.5 Å². The SMILES string of the molecule is Oc1ccc(P2(Oc3ccccc3)=NP(c3ccc(O)cc3)(c3ccc(O)cc3)=NP(Oc3ccccc3)(Oc3ccccc3)=NP(c3ccc(O)cc3)(c3ccc(O)cc3)=N2)cc1. The molecule has 1 atom stereocenters. The van der Waals surface area contributed by atoms with E-state index in [2.05, 4.69) is 0 Å². The van der Waals surface area contributed by atoms with E-state index in [1.165, 1.54) is 0 Å². The Hall–Kier alpha value is -6.92. The van der Waals surface area contributed by atoms with Gasteiger partial charge in [0.05, 0.1) is 5.30 Å². The van der Waals surface area contributed by atoms with Crippen molar-refractivity contribution in [3.05, 3.63) is 212 Å². The summed E-state index contributed by atoms with van der Waals surface area (Å²) in [5.41, 5.74) is 0. The molecule has 64 heavy (non-hydrogen) atoms. The molecule has 0 saturated carbocycles. The van der Waals surface area contributed by atoms with Crippen LogP contribution in [0.3, 0.4) is 0 Å². The molecule has 0 amide bonds. The highest BCUT2D eigenvalue weighted by atomic mass is 31.3. The predicted octanol–water partition coefficient (Wildman–Crippen LogP) is 11.6. The van der Waals surface area contributed by atoms with Crippen LogP contribution in [0.5, 0.6) is 46.0 Å². The molecule has 0 bridgehead atoms. The fraction of sp³-hybridized carbons (Fsp3) is 0. The Bertz CT molecular complexity index is 2910. The lowest BCUT2D eigenvalue weighted by atomic mass is 10.3. The molecule has 1 heterocycles. The number of para-hydroxylation sites is 3. The summed E-state index contributed by atoms with van der Waals surface area (Å²) in [4.78, 5) is 0. The van der Waals surface area contributed by atoms with E-state index in [9.17, 15) is 25.5 Å². The zero-order chi connectivity index (χ0) is 44.2. The van der Waals surface area contributed by atoms with E-state index in [4.69, 9.17) is 31.6 Å². The van der Waals surface area contributed by atoms with Crippen molar-refractivity contribution in [3.8, 4) is 46.0 Å². The minimum atomic E-state index is -4.26. The van der Waals surface area contributed by atoms with Crippen molar-refractivity contribution in [1.82, 2.24) is 0 Å². The number of rotatable bonds is 11. The van der Waals surface area contributed by atoms with Gasteiger partial charge in [-0.25, -0.2) is 0 Å². The van der Waals surface area contributed by atoms with Crippen molar-refractivity contribution in [1.29, 1.82) is 0 Å². The monoisotopic (exact) mass is 924 g/mol. The van der Waals surface area contributed by atoms with Gasteiger partial charge in [0.1, 0.15) is 60.4 Å². The summed E-state index contributed by atoms with van der Waals surface area (Å²) in [6.45, 7) is 0. The molecule has 1 aliphatic heterocycles. The Kier molecular flexibility index (Phi) is 11.7. The minimum absolute atomic E-state index is 0.000822. The molecule has 0 aliphatic carbocycles. The Morgan fingerprint density at radius 3 is 0.875 bits per heavy atom. The molecule has 5 N–H and O–H groups in total. The summed E-state index contributed by atoms with van der Waals surface area (Å²) in [6.07, 6.45) is 0. The van der Waals surface area contributed by atoms with Crippen LogP contribution in [-0.2, 0) is 0 Å². The van der Waals surface area contributed by atoms with E-state index in [1.54, 1.807) is 158 Å². The molecule has 320 valence electrons. The van der Waals surface area contributed by atoms with Gasteiger partial charge >= 0.3 is 7.66 Å². The highest BCUT2D eigenvalue weighted by molar-refractivity contribution is 7.94. The number of hydrogen-bond acceptors (Lipinski definition) is 12. The van der Waals surface area contributed by atoms with Crippen LogP contribution in [0.4, 0.5) is 0 Å². The van der Waals surface area contributed by atoms with Gasteiger partial charge in [-0.1, -0.05) is 54.6 Å². The maximum Gasteiger partial charge on any atom is 0.450 e. The second-order valence-electron chi connectivity index (χ2n) is 14.4. The van der Waals surface area contributed by atoms with Gasteiger partial charge in [-0.2, -0.15) is 18.1 Å². The smallest absolute Gasteiger partial charge is 0.450 e. The first-order valence-corrected chi connectivity index (χ1v) is 26.4. The first kappa shape index (κ1) is 42.4. The third-order valence-electron chi connectivity index (χ3n) is 9.92. The molecular weight excluding hydrogens is 884 g/mol. The van der Waals surface area contributed by atoms with Crippen molar-refractivity contribution in [2.24, 2.45) is 18.1 Å². The average molecular weight is 925 g/mol. The maximum atomic E-state index is 10.8. The van der Waals surface area contributed by atoms with E-state index in [0.717, 1.165) is 0 Å². The molecule has 8 aromatic carbocycles. The maximum absolute atomic E-state index is 10.8. The largest absolute Gasteiger partial charge is 0.508 e. The van der Waals surface area contributed by atoms with E-state index in [1.807, 2.05) is 54.6 Å². The van der Waals surface area contributed by atoms with Crippen LogP contribution in [0.15, 0.2) is 230 Å². The molecule has 0 radical (unpaired) electrons. The lowest BCUT2D eigenvalue weighted by Crippen LogP contribution is -2.21. The van der Waals surface area contributed by atoms with Gasteiger partial charge in [-0.15, -0.1) is 0 Å². The van der Waals surface area contributed by atoms with Crippen molar-refractivity contribution in [3.63, 3.8) is 0 Å². The minimum Gasteiger partial charge on any atom is -0.508 e. The number of hydrogen-bond donors (Lipinski definition) is 5. The summed E-state index contributed by atoms with van der Waals surface area (Å²) in [6, 6.07) is 60.1. The zero-order valence-electron chi connectivity index (χ0n) is 33.7. The molecule has 0 saturated heterocycles. The Morgan fingerprint density at radius 2 is 0.547 bits per heavy atom. The summed E-state index contributed by atoms with van der Waals surface area (Å²) >= 11 is 0. The van der Waals surface area contributed by atoms with Crippen LogP contribution < -0.4 is 40.1 Å².